The molecule has 1 atom stereocenters. The number of imidazole rings is 1. The van der Waals surface area contributed by atoms with Gasteiger partial charge in [0.15, 0.2) is 0 Å². The molecule has 1 fully saturated rings. The third kappa shape index (κ3) is 2.15. The Kier molecular flexibility index (Phi) is 2.86. The molecule has 3 nitrogen and oxygen atoms in total. The number of benzene rings is 1. The topological polar surface area (TPSA) is 29.9 Å². The zero-order valence-electron chi connectivity index (χ0n) is 11.4. The summed E-state index contributed by atoms with van der Waals surface area (Å²) in [4.78, 5) is 4.73. The zero-order valence-corrected chi connectivity index (χ0v) is 11.4. The summed E-state index contributed by atoms with van der Waals surface area (Å²) in [7, 11) is 2.10. The van der Waals surface area contributed by atoms with Crippen LogP contribution in [0.5, 0.6) is 0 Å². The van der Waals surface area contributed by atoms with Crippen molar-refractivity contribution in [2.75, 3.05) is 0 Å². The van der Waals surface area contributed by atoms with Crippen LogP contribution in [-0.2, 0) is 13.6 Å². The molecule has 0 unspecified atom stereocenters. The van der Waals surface area contributed by atoms with Crippen LogP contribution in [0.25, 0.3) is 11.0 Å². The normalized spacial score (nSPS) is 17.3. The molecule has 1 saturated carbocycles. The molecule has 1 heterocycles. The van der Waals surface area contributed by atoms with E-state index in [4.69, 9.17) is 4.98 Å². The molecule has 18 heavy (non-hydrogen) atoms. The maximum Gasteiger partial charge on any atom is 0.123 e. The molecule has 96 valence electrons. The molecule has 3 heteroatoms. The van der Waals surface area contributed by atoms with Crippen LogP contribution in [0.4, 0.5) is 0 Å². The number of fused-ring (bicyclic) bond motifs is 1. The van der Waals surface area contributed by atoms with E-state index in [1.807, 2.05) is 0 Å². The molecule has 0 saturated heterocycles. The van der Waals surface area contributed by atoms with E-state index in [0.29, 0.717) is 6.04 Å². The Labute approximate surface area is 108 Å². The van der Waals surface area contributed by atoms with Gasteiger partial charge in [-0.1, -0.05) is 6.07 Å². The van der Waals surface area contributed by atoms with E-state index < -0.39 is 0 Å². The van der Waals surface area contributed by atoms with E-state index in [2.05, 4.69) is 49.0 Å². The average molecular weight is 243 g/mol. The first-order valence-electron chi connectivity index (χ1n) is 6.80. The molecule has 1 aromatic carbocycles. The highest BCUT2D eigenvalue weighted by Crippen LogP contribution is 2.32. The van der Waals surface area contributed by atoms with E-state index in [9.17, 15) is 0 Å². The Morgan fingerprint density at radius 3 is 2.94 bits per heavy atom. The van der Waals surface area contributed by atoms with Crippen LogP contribution in [-0.4, -0.2) is 15.6 Å². The van der Waals surface area contributed by atoms with E-state index in [-0.39, 0.29) is 0 Å². The SMILES string of the molecule is Cc1ccc2c(c1)nc(CN[C@H](C)C1CC1)n2C. The highest BCUT2D eigenvalue weighted by atomic mass is 15.1. The summed E-state index contributed by atoms with van der Waals surface area (Å²) in [5.41, 5.74) is 3.59. The number of aromatic nitrogens is 2. The van der Waals surface area contributed by atoms with Gasteiger partial charge in [0.2, 0.25) is 0 Å². The second-order valence-corrected chi connectivity index (χ2v) is 5.59. The van der Waals surface area contributed by atoms with Gasteiger partial charge in [0, 0.05) is 13.1 Å². The Hall–Kier alpha value is -1.35. The van der Waals surface area contributed by atoms with Crippen LogP contribution in [0.3, 0.4) is 0 Å². The lowest BCUT2D eigenvalue weighted by Gasteiger charge is -2.12. The number of nitrogens with zero attached hydrogens (tertiary/aromatic N) is 2. The van der Waals surface area contributed by atoms with Crippen LogP contribution in [0.1, 0.15) is 31.2 Å². The maximum atomic E-state index is 4.73. The summed E-state index contributed by atoms with van der Waals surface area (Å²) in [5, 5.41) is 3.59. The Morgan fingerprint density at radius 1 is 1.44 bits per heavy atom. The lowest BCUT2D eigenvalue weighted by molar-refractivity contribution is 0.483. The first-order valence-corrected chi connectivity index (χ1v) is 6.80. The Balaban J connectivity index is 1.80. The van der Waals surface area contributed by atoms with Crippen molar-refractivity contribution in [1.82, 2.24) is 14.9 Å². The minimum atomic E-state index is 0.617. The lowest BCUT2D eigenvalue weighted by atomic mass is 10.2. The van der Waals surface area contributed by atoms with Crippen molar-refractivity contribution < 1.29 is 0 Å². The van der Waals surface area contributed by atoms with Crippen molar-refractivity contribution in [3.05, 3.63) is 29.6 Å². The van der Waals surface area contributed by atoms with Gasteiger partial charge in [-0.2, -0.15) is 0 Å². The van der Waals surface area contributed by atoms with E-state index >= 15 is 0 Å². The summed E-state index contributed by atoms with van der Waals surface area (Å²) in [6, 6.07) is 7.08. The van der Waals surface area contributed by atoms with Crippen molar-refractivity contribution in [2.24, 2.45) is 13.0 Å². The van der Waals surface area contributed by atoms with Gasteiger partial charge in [0.05, 0.1) is 17.6 Å². The Bertz CT molecular complexity index is 566. The molecule has 0 amide bonds. The minimum Gasteiger partial charge on any atom is -0.330 e. The summed E-state index contributed by atoms with van der Waals surface area (Å²) in [6.45, 7) is 5.26. The quantitative estimate of drug-likeness (QED) is 0.895. The highest BCUT2D eigenvalue weighted by molar-refractivity contribution is 5.76. The lowest BCUT2D eigenvalue weighted by Crippen LogP contribution is -2.28. The third-order valence-electron chi connectivity index (χ3n) is 4.04. The molecule has 1 N–H and O–H groups in total. The van der Waals surface area contributed by atoms with E-state index in [1.54, 1.807) is 0 Å². The monoisotopic (exact) mass is 243 g/mol. The Morgan fingerprint density at radius 2 is 2.22 bits per heavy atom. The zero-order chi connectivity index (χ0) is 12.7. The predicted octanol–water partition coefficient (Wildman–Crippen LogP) is 2.77. The molecular weight excluding hydrogens is 222 g/mol. The summed E-state index contributed by atoms with van der Waals surface area (Å²) in [5.74, 6) is 2.02. The number of hydrogen-bond donors (Lipinski definition) is 1. The van der Waals surface area contributed by atoms with Crippen molar-refractivity contribution >= 4 is 11.0 Å². The number of hydrogen-bond acceptors (Lipinski definition) is 2. The fourth-order valence-electron chi connectivity index (χ4n) is 2.53. The van der Waals surface area contributed by atoms with Crippen LogP contribution in [0.2, 0.25) is 0 Å². The predicted molar refractivity (Wildman–Crippen MR) is 74.5 cm³/mol. The number of rotatable bonds is 4. The van der Waals surface area contributed by atoms with Crippen LogP contribution < -0.4 is 5.32 Å². The summed E-state index contributed by atoms with van der Waals surface area (Å²) < 4.78 is 2.20. The molecule has 0 bridgehead atoms. The second-order valence-electron chi connectivity index (χ2n) is 5.59. The van der Waals surface area contributed by atoms with Crippen molar-refractivity contribution in [3.8, 4) is 0 Å². The molecule has 0 aliphatic heterocycles. The van der Waals surface area contributed by atoms with Gasteiger partial charge in [-0.05, 0) is 50.3 Å². The fourth-order valence-corrected chi connectivity index (χ4v) is 2.53. The van der Waals surface area contributed by atoms with Crippen LogP contribution >= 0.6 is 0 Å². The average Bonchev–Trinajstić information content (AvgIpc) is 3.13. The summed E-state index contributed by atoms with van der Waals surface area (Å²) in [6.07, 6.45) is 2.77. The van der Waals surface area contributed by atoms with Crippen molar-refractivity contribution in [1.29, 1.82) is 0 Å². The minimum absolute atomic E-state index is 0.617. The largest absolute Gasteiger partial charge is 0.330 e. The number of nitrogens with one attached hydrogen (secondary N) is 1. The van der Waals surface area contributed by atoms with Crippen LogP contribution in [0.15, 0.2) is 18.2 Å². The van der Waals surface area contributed by atoms with Gasteiger partial charge < -0.3 is 9.88 Å². The number of aryl methyl sites for hydroxylation is 2. The molecule has 1 aliphatic carbocycles. The van der Waals surface area contributed by atoms with Gasteiger partial charge in [-0.15, -0.1) is 0 Å². The molecule has 1 aliphatic rings. The second kappa shape index (κ2) is 4.39. The van der Waals surface area contributed by atoms with Gasteiger partial charge in [0.1, 0.15) is 5.82 Å². The van der Waals surface area contributed by atoms with Gasteiger partial charge in [-0.25, -0.2) is 4.98 Å². The van der Waals surface area contributed by atoms with Crippen LogP contribution in [0, 0.1) is 12.8 Å². The summed E-state index contributed by atoms with van der Waals surface area (Å²) >= 11 is 0. The van der Waals surface area contributed by atoms with Crippen molar-refractivity contribution in [2.45, 2.75) is 39.3 Å². The standard InChI is InChI=1S/C15H21N3/c1-10-4-7-14-13(8-10)17-15(18(14)3)9-16-11(2)12-5-6-12/h4,7-8,11-12,16H,5-6,9H2,1-3H3/t11-/m1/s1. The first kappa shape index (κ1) is 11.7. The van der Waals surface area contributed by atoms with E-state index in [0.717, 1.165) is 23.8 Å². The smallest absolute Gasteiger partial charge is 0.123 e. The fraction of sp³-hybridized carbons (Fsp3) is 0.533. The van der Waals surface area contributed by atoms with Gasteiger partial charge in [0.25, 0.3) is 0 Å². The van der Waals surface area contributed by atoms with E-state index in [1.165, 1.54) is 23.9 Å². The van der Waals surface area contributed by atoms with Crippen molar-refractivity contribution in [3.63, 3.8) is 0 Å². The van der Waals surface area contributed by atoms with Gasteiger partial charge >= 0.3 is 0 Å². The third-order valence-corrected chi connectivity index (χ3v) is 4.04. The van der Waals surface area contributed by atoms with Gasteiger partial charge in [-0.3, -0.25) is 0 Å². The maximum absolute atomic E-state index is 4.73. The molecule has 3 rings (SSSR count). The highest BCUT2D eigenvalue weighted by Gasteiger charge is 2.27. The molecule has 2 aromatic rings. The molecule has 0 spiro atoms. The molecular formula is C15H21N3. The first-order chi connectivity index (χ1) is 8.65. The molecule has 0 radical (unpaired) electrons. The molecule has 1 aromatic heterocycles.